The van der Waals surface area contributed by atoms with Crippen LogP contribution in [-0.4, -0.2) is 48.5 Å². The number of rotatable bonds is 6. The lowest BCUT2D eigenvalue weighted by atomic mass is 10.0. The zero-order valence-corrected chi connectivity index (χ0v) is 14.0. The van der Waals surface area contributed by atoms with Crippen molar-refractivity contribution in [3.05, 3.63) is 23.9 Å². The molecule has 2 N–H and O–H groups in total. The average Bonchev–Trinajstić information content (AvgIpc) is 3.06. The number of carbonyl (C=O) groups excluding carboxylic acids is 1. The van der Waals surface area contributed by atoms with Crippen LogP contribution < -0.4 is 10.6 Å². The molecule has 5 nitrogen and oxygen atoms in total. The second-order valence-electron chi connectivity index (χ2n) is 6.52. The third-order valence-electron chi connectivity index (χ3n) is 4.43. The van der Waals surface area contributed by atoms with E-state index in [1.165, 1.54) is 12.8 Å². The fraction of sp³-hybridized carbons (Fsp3) is 0.647. The van der Waals surface area contributed by atoms with Gasteiger partial charge < -0.3 is 15.5 Å². The maximum absolute atomic E-state index is 12.4. The van der Waals surface area contributed by atoms with Gasteiger partial charge in [-0.2, -0.15) is 0 Å². The first-order chi connectivity index (χ1) is 10.5. The summed E-state index contributed by atoms with van der Waals surface area (Å²) in [5.41, 5.74) is 6.68. The normalized spacial score (nSPS) is 16.1. The minimum atomic E-state index is 0.0106. The van der Waals surface area contributed by atoms with E-state index >= 15 is 0 Å². The van der Waals surface area contributed by atoms with E-state index in [1.54, 1.807) is 11.1 Å². The highest BCUT2D eigenvalue weighted by Gasteiger charge is 2.17. The molecule has 122 valence electrons. The maximum Gasteiger partial charge on any atom is 0.255 e. The van der Waals surface area contributed by atoms with Gasteiger partial charge in [0.25, 0.3) is 5.91 Å². The zero-order chi connectivity index (χ0) is 16.1. The van der Waals surface area contributed by atoms with Crippen LogP contribution in [0.2, 0.25) is 0 Å². The van der Waals surface area contributed by atoms with Gasteiger partial charge >= 0.3 is 0 Å². The minimum Gasteiger partial charge on any atom is -0.357 e. The Bertz CT molecular complexity index is 480. The molecular weight excluding hydrogens is 276 g/mol. The number of anilines is 1. The van der Waals surface area contributed by atoms with Crippen molar-refractivity contribution >= 4 is 11.7 Å². The molecule has 1 aliphatic heterocycles. The quantitative estimate of drug-likeness (QED) is 0.874. The van der Waals surface area contributed by atoms with Gasteiger partial charge in [-0.05, 0) is 37.3 Å². The summed E-state index contributed by atoms with van der Waals surface area (Å²) in [6.45, 7) is 7.01. The number of pyridine rings is 1. The van der Waals surface area contributed by atoms with Gasteiger partial charge in [0, 0.05) is 38.9 Å². The van der Waals surface area contributed by atoms with E-state index in [0.717, 1.165) is 25.3 Å². The highest BCUT2D eigenvalue weighted by atomic mass is 16.2. The lowest BCUT2D eigenvalue weighted by Crippen LogP contribution is -2.34. The van der Waals surface area contributed by atoms with Crippen LogP contribution in [0.25, 0.3) is 0 Å². The predicted molar refractivity (Wildman–Crippen MR) is 90.1 cm³/mol. The number of hydrogen-bond acceptors (Lipinski definition) is 4. The molecule has 0 radical (unpaired) electrons. The molecular formula is C17H28N4O. The highest BCUT2D eigenvalue weighted by Crippen LogP contribution is 2.18. The summed E-state index contributed by atoms with van der Waals surface area (Å²) < 4.78 is 0. The van der Waals surface area contributed by atoms with Gasteiger partial charge in [-0.3, -0.25) is 4.79 Å². The van der Waals surface area contributed by atoms with Gasteiger partial charge in [-0.15, -0.1) is 0 Å². The Kier molecular flexibility index (Phi) is 5.77. The molecule has 1 saturated heterocycles. The van der Waals surface area contributed by atoms with E-state index in [2.05, 4.69) is 23.7 Å². The van der Waals surface area contributed by atoms with Crippen LogP contribution in [0.5, 0.6) is 0 Å². The maximum atomic E-state index is 12.4. The highest BCUT2D eigenvalue weighted by molar-refractivity contribution is 5.93. The standard InChI is InChI=1S/C17H28N4O/c1-13(2)15(18)8-11-20(3)17(22)14-6-7-16(19-12-14)21-9-4-5-10-21/h6-7,12-13,15H,4-5,8-11,18H2,1-3H3. The van der Waals surface area contributed by atoms with Gasteiger partial charge in [0.05, 0.1) is 5.56 Å². The van der Waals surface area contributed by atoms with Gasteiger partial charge in [0.2, 0.25) is 0 Å². The lowest BCUT2D eigenvalue weighted by Gasteiger charge is -2.22. The summed E-state index contributed by atoms with van der Waals surface area (Å²) in [5.74, 6) is 1.42. The predicted octanol–water partition coefficient (Wildman–Crippen LogP) is 2.13. The van der Waals surface area contributed by atoms with E-state index in [9.17, 15) is 4.79 Å². The molecule has 0 aliphatic carbocycles. The van der Waals surface area contributed by atoms with E-state index in [4.69, 9.17) is 5.73 Å². The van der Waals surface area contributed by atoms with E-state index in [0.29, 0.717) is 18.0 Å². The molecule has 1 aliphatic rings. The third-order valence-corrected chi connectivity index (χ3v) is 4.43. The fourth-order valence-corrected chi connectivity index (χ4v) is 2.64. The number of aromatic nitrogens is 1. The molecule has 0 aromatic carbocycles. The first-order valence-corrected chi connectivity index (χ1v) is 8.21. The number of nitrogens with zero attached hydrogens (tertiary/aromatic N) is 3. The molecule has 22 heavy (non-hydrogen) atoms. The monoisotopic (exact) mass is 304 g/mol. The Hall–Kier alpha value is -1.62. The number of amides is 1. The zero-order valence-electron chi connectivity index (χ0n) is 14.0. The van der Waals surface area contributed by atoms with E-state index in [-0.39, 0.29) is 11.9 Å². The fourth-order valence-electron chi connectivity index (χ4n) is 2.64. The summed E-state index contributed by atoms with van der Waals surface area (Å²) >= 11 is 0. The third kappa shape index (κ3) is 4.19. The van der Waals surface area contributed by atoms with Gasteiger partial charge in [0.15, 0.2) is 0 Å². The van der Waals surface area contributed by atoms with Crippen molar-refractivity contribution in [3.8, 4) is 0 Å². The molecule has 5 heteroatoms. The van der Waals surface area contributed by atoms with Crippen LogP contribution >= 0.6 is 0 Å². The molecule has 0 saturated carbocycles. The Balaban J connectivity index is 1.91. The van der Waals surface area contributed by atoms with Crippen LogP contribution in [0.1, 0.15) is 43.5 Å². The minimum absolute atomic E-state index is 0.0106. The molecule has 1 atom stereocenters. The SMILES string of the molecule is CC(C)C(N)CCN(C)C(=O)c1ccc(N2CCCC2)nc1. The van der Waals surface area contributed by atoms with Crippen molar-refractivity contribution in [1.29, 1.82) is 0 Å². The Morgan fingerprint density at radius 1 is 1.36 bits per heavy atom. The van der Waals surface area contributed by atoms with Crippen LogP contribution in [0.4, 0.5) is 5.82 Å². The van der Waals surface area contributed by atoms with Crippen molar-refractivity contribution in [3.63, 3.8) is 0 Å². The number of hydrogen-bond donors (Lipinski definition) is 1. The van der Waals surface area contributed by atoms with Crippen LogP contribution in [0.3, 0.4) is 0 Å². The first-order valence-electron chi connectivity index (χ1n) is 8.21. The largest absolute Gasteiger partial charge is 0.357 e. The molecule has 1 aromatic rings. The molecule has 1 fully saturated rings. The molecule has 2 heterocycles. The molecule has 1 aromatic heterocycles. The lowest BCUT2D eigenvalue weighted by molar-refractivity contribution is 0.0789. The average molecular weight is 304 g/mol. The number of nitrogens with two attached hydrogens (primary N) is 1. The van der Waals surface area contributed by atoms with Crippen molar-refractivity contribution in [2.75, 3.05) is 31.6 Å². The van der Waals surface area contributed by atoms with Gasteiger partial charge in [-0.1, -0.05) is 13.8 Å². The summed E-state index contributed by atoms with van der Waals surface area (Å²) in [4.78, 5) is 20.8. The second-order valence-corrected chi connectivity index (χ2v) is 6.52. The molecule has 0 bridgehead atoms. The Labute approximate surface area is 133 Å². The molecule has 0 spiro atoms. The first kappa shape index (κ1) is 16.7. The Morgan fingerprint density at radius 2 is 2.05 bits per heavy atom. The van der Waals surface area contributed by atoms with E-state index < -0.39 is 0 Å². The summed E-state index contributed by atoms with van der Waals surface area (Å²) in [7, 11) is 1.82. The number of carbonyl (C=O) groups is 1. The van der Waals surface area contributed by atoms with Crippen LogP contribution in [0.15, 0.2) is 18.3 Å². The second kappa shape index (κ2) is 7.58. The molecule has 1 amide bonds. The van der Waals surface area contributed by atoms with Crippen molar-refractivity contribution in [2.24, 2.45) is 11.7 Å². The molecule has 1 unspecified atom stereocenters. The summed E-state index contributed by atoms with van der Waals surface area (Å²) in [6.07, 6.45) is 4.95. The molecule has 2 rings (SSSR count). The van der Waals surface area contributed by atoms with Crippen LogP contribution in [-0.2, 0) is 0 Å². The van der Waals surface area contributed by atoms with Crippen molar-refractivity contribution in [2.45, 2.75) is 39.2 Å². The smallest absolute Gasteiger partial charge is 0.255 e. The van der Waals surface area contributed by atoms with E-state index in [1.807, 2.05) is 19.2 Å². The van der Waals surface area contributed by atoms with Gasteiger partial charge in [-0.25, -0.2) is 4.98 Å². The topological polar surface area (TPSA) is 62.5 Å². The van der Waals surface area contributed by atoms with Crippen molar-refractivity contribution < 1.29 is 4.79 Å². The van der Waals surface area contributed by atoms with Crippen LogP contribution in [0, 0.1) is 5.92 Å². The van der Waals surface area contributed by atoms with Gasteiger partial charge in [0.1, 0.15) is 5.82 Å². The Morgan fingerprint density at radius 3 is 2.59 bits per heavy atom. The summed E-state index contributed by atoms with van der Waals surface area (Å²) in [6, 6.07) is 3.96. The summed E-state index contributed by atoms with van der Waals surface area (Å²) in [5, 5.41) is 0. The van der Waals surface area contributed by atoms with Crippen molar-refractivity contribution in [1.82, 2.24) is 9.88 Å².